The average Bonchev–Trinajstić information content (AvgIpc) is 2.05. The molecule has 2 atom stereocenters. The van der Waals surface area contributed by atoms with Gasteiger partial charge in [0.25, 0.3) is 0 Å². The number of rotatable bonds is 1. The molecule has 0 bridgehead atoms. The van der Waals surface area contributed by atoms with Crippen LogP contribution in [0.25, 0.3) is 0 Å². The van der Waals surface area contributed by atoms with Crippen LogP contribution in [0.2, 0.25) is 0 Å². The van der Waals surface area contributed by atoms with Crippen LogP contribution in [0.1, 0.15) is 12.8 Å². The number of halogens is 1. The van der Waals surface area contributed by atoms with E-state index in [9.17, 15) is 4.79 Å². The van der Waals surface area contributed by atoms with E-state index in [1.807, 2.05) is 0 Å². The Morgan fingerprint density at radius 3 is 2.67 bits per heavy atom. The third-order valence-electron chi connectivity index (χ3n) is 1.87. The van der Waals surface area contributed by atoms with Crippen LogP contribution in [0.5, 0.6) is 0 Å². The summed E-state index contributed by atoms with van der Waals surface area (Å²) in [6.07, 6.45) is 1.02. The average molecular weight is 196 g/mol. The number of aliphatic hydroxyl groups is 1. The molecule has 12 heavy (non-hydrogen) atoms. The summed E-state index contributed by atoms with van der Waals surface area (Å²) in [6, 6.07) is -0.219. The molecule has 0 aliphatic carbocycles. The number of aliphatic hydroxyl groups excluding tert-OH is 1. The maximum absolute atomic E-state index is 10.9. The van der Waals surface area contributed by atoms with Gasteiger partial charge in [0.2, 0.25) is 0 Å². The number of β-amino-alcohol motifs (C(OH)–C–C–N with tert-alkyl or cyclic N) is 1. The SMILES string of the molecule is COC(=O)[C@@H]1CC[C@@H](O)CN1.Cl. The molecule has 5 heteroatoms. The molecule has 72 valence electrons. The van der Waals surface area contributed by atoms with Crippen molar-refractivity contribution >= 4 is 18.4 Å². The van der Waals surface area contributed by atoms with Gasteiger partial charge in [0.05, 0.1) is 13.2 Å². The molecule has 0 amide bonds. The summed E-state index contributed by atoms with van der Waals surface area (Å²) >= 11 is 0. The highest BCUT2D eigenvalue weighted by atomic mass is 35.5. The molecule has 0 saturated carbocycles. The minimum Gasteiger partial charge on any atom is -0.468 e. The van der Waals surface area contributed by atoms with Gasteiger partial charge in [-0.1, -0.05) is 0 Å². The molecule has 1 aliphatic heterocycles. The zero-order chi connectivity index (χ0) is 8.27. The lowest BCUT2D eigenvalue weighted by Crippen LogP contribution is -2.46. The van der Waals surface area contributed by atoms with Gasteiger partial charge in [0, 0.05) is 6.54 Å². The number of hydrogen-bond donors (Lipinski definition) is 2. The number of carbonyl (C=O) groups excluding carboxylic acids is 1. The zero-order valence-corrected chi connectivity index (χ0v) is 7.76. The number of carbonyl (C=O) groups is 1. The molecule has 0 aromatic heterocycles. The summed E-state index contributed by atoms with van der Waals surface area (Å²) in [7, 11) is 1.37. The zero-order valence-electron chi connectivity index (χ0n) is 6.95. The Morgan fingerprint density at radius 2 is 2.25 bits per heavy atom. The summed E-state index contributed by atoms with van der Waals surface area (Å²) < 4.78 is 4.54. The summed E-state index contributed by atoms with van der Waals surface area (Å²) in [4.78, 5) is 10.9. The van der Waals surface area contributed by atoms with Crippen molar-refractivity contribution in [3.8, 4) is 0 Å². The number of nitrogens with one attached hydrogen (secondary N) is 1. The smallest absolute Gasteiger partial charge is 0.322 e. The summed E-state index contributed by atoms with van der Waals surface area (Å²) in [6.45, 7) is 0.486. The molecule has 1 fully saturated rings. The highest BCUT2D eigenvalue weighted by molar-refractivity contribution is 5.85. The highest BCUT2D eigenvalue weighted by Gasteiger charge is 2.24. The molecule has 0 spiro atoms. The number of hydrogen-bond acceptors (Lipinski definition) is 4. The Bertz CT molecular complexity index is 146. The summed E-state index contributed by atoms with van der Waals surface area (Å²) in [5, 5.41) is 12.0. The molecular formula is C7H14ClNO3. The lowest BCUT2D eigenvalue weighted by atomic mass is 10.0. The van der Waals surface area contributed by atoms with Crippen LogP contribution in [0, 0.1) is 0 Å². The molecule has 1 aliphatic rings. The first-order valence-corrected chi connectivity index (χ1v) is 3.73. The van der Waals surface area contributed by atoms with Gasteiger partial charge < -0.3 is 15.2 Å². The molecule has 0 aromatic carbocycles. The van der Waals surface area contributed by atoms with Crippen molar-refractivity contribution in [3.63, 3.8) is 0 Å². The monoisotopic (exact) mass is 195 g/mol. The molecule has 1 rings (SSSR count). The molecule has 0 unspecified atom stereocenters. The molecule has 1 saturated heterocycles. The van der Waals surface area contributed by atoms with Gasteiger partial charge in [-0.15, -0.1) is 12.4 Å². The van der Waals surface area contributed by atoms with Gasteiger partial charge in [-0.3, -0.25) is 4.79 Å². The van der Waals surface area contributed by atoms with Crippen molar-refractivity contribution in [1.82, 2.24) is 5.32 Å². The van der Waals surface area contributed by atoms with Gasteiger partial charge in [-0.2, -0.15) is 0 Å². The minimum absolute atomic E-state index is 0. The van der Waals surface area contributed by atoms with E-state index in [0.29, 0.717) is 19.4 Å². The van der Waals surface area contributed by atoms with Crippen LogP contribution in [0.4, 0.5) is 0 Å². The summed E-state index contributed by atoms with van der Waals surface area (Å²) in [5.74, 6) is -0.239. The number of methoxy groups -OCH3 is 1. The van der Waals surface area contributed by atoms with Crippen molar-refractivity contribution in [1.29, 1.82) is 0 Å². The Morgan fingerprint density at radius 1 is 1.58 bits per heavy atom. The van der Waals surface area contributed by atoms with Gasteiger partial charge in [0.1, 0.15) is 6.04 Å². The van der Waals surface area contributed by atoms with Gasteiger partial charge in [-0.25, -0.2) is 0 Å². The molecule has 0 radical (unpaired) electrons. The highest BCUT2D eigenvalue weighted by Crippen LogP contribution is 2.08. The Balaban J connectivity index is 0.00000121. The van der Waals surface area contributed by atoms with E-state index in [2.05, 4.69) is 10.1 Å². The first-order chi connectivity index (χ1) is 5.24. The normalized spacial score (nSPS) is 28.8. The van der Waals surface area contributed by atoms with Crippen molar-refractivity contribution in [2.24, 2.45) is 0 Å². The second kappa shape index (κ2) is 5.35. The van der Waals surface area contributed by atoms with E-state index < -0.39 is 0 Å². The van der Waals surface area contributed by atoms with Crippen molar-refractivity contribution in [2.75, 3.05) is 13.7 Å². The van der Waals surface area contributed by atoms with Crippen LogP contribution in [0.3, 0.4) is 0 Å². The predicted molar refractivity (Wildman–Crippen MR) is 46.3 cm³/mol. The standard InChI is InChI=1S/C7H13NO3.ClH/c1-11-7(10)6-3-2-5(9)4-8-6;/h5-6,8-9H,2-4H2,1H3;1H/t5-,6+;/m1./s1. The fourth-order valence-corrected chi connectivity index (χ4v) is 1.18. The van der Waals surface area contributed by atoms with Crippen molar-refractivity contribution in [3.05, 3.63) is 0 Å². The fourth-order valence-electron chi connectivity index (χ4n) is 1.18. The van der Waals surface area contributed by atoms with E-state index in [-0.39, 0.29) is 30.5 Å². The topological polar surface area (TPSA) is 58.6 Å². The van der Waals surface area contributed by atoms with Crippen LogP contribution >= 0.6 is 12.4 Å². The second-order valence-corrected chi connectivity index (χ2v) is 2.72. The van der Waals surface area contributed by atoms with Gasteiger partial charge in [-0.05, 0) is 12.8 Å². The minimum atomic E-state index is -0.309. The van der Waals surface area contributed by atoms with Gasteiger partial charge in [0.15, 0.2) is 0 Å². The predicted octanol–water partition coefficient (Wildman–Crippen LogP) is -0.306. The fraction of sp³-hybridized carbons (Fsp3) is 0.857. The van der Waals surface area contributed by atoms with E-state index in [4.69, 9.17) is 5.11 Å². The Hall–Kier alpha value is -0.320. The number of esters is 1. The van der Waals surface area contributed by atoms with Crippen LogP contribution in [-0.2, 0) is 9.53 Å². The second-order valence-electron chi connectivity index (χ2n) is 2.72. The lowest BCUT2D eigenvalue weighted by Gasteiger charge is -2.24. The largest absolute Gasteiger partial charge is 0.468 e. The van der Waals surface area contributed by atoms with Crippen molar-refractivity contribution in [2.45, 2.75) is 25.0 Å². The lowest BCUT2D eigenvalue weighted by molar-refractivity contribution is -0.144. The van der Waals surface area contributed by atoms with Crippen LogP contribution in [0.15, 0.2) is 0 Å². The Labute approximate surface area is 77.7 Å². The van der Waals surface area contributed by atoms with Crippen LogP contribution < -0.4 is 5.32 Å². The van der Waals surface area contributed by atoms with Gasteiger partial charge >= 0.3 is 5.97 Å². The third-order valence-corrected chi connectivity index (χ3v) is 1.87. The molecule has 1 heterocycles. The molecule has 2 N–H and O–H groups in total. The summed E-state index contributed by atoms with van der Waals surface area (Å²) in [5.41, 5.74) is 0. The molecular weight excluding hydrogens is 182 g/mol. The Kier molecular flexibility index (Phi) is 5.20. The first-order valence-electron chi connectivity index (χ1n) is 3.73. The first kappa shape index (κ1) is 11.7. The maximum atomic E-state index is 10.9. The van der Waals surface area contributed by atoms with E-state index in [1.165, 1.54) is 7.11 Å². The van der Waals surface area contributed by atoms with Crippen LogP contribution in [-0.4, -0.2) is 36.9 Å². The van der Waals surface area contributed by atoms with Crippen molar-refractivity contribution < 1.29 is 14.6 Å². The number of ether oxygens (including phenoxy) is 1. The number of piperidine rings is 1. The van der Waals surface area contributed by atoms with E-state index in [0.717, 1.165) is 0 Å². The maximum Gasteiger partial charge on any atom is 0.322 e. The quantitative estimate of drug-likeness (QED) is 0.564. The van der Waals surface area contributed by atoms with E-state index >= 15 is 0 Å². The third kappa shape index (κ3) is 2.97. The molecule has 4 nitrogen and oxygen atoms in total. The van der Waals surface area contributed by atoms with E-state index in [1.54, 1.807) is 0 Å². The molecule has 0 aromatic rings.